The molecule has 1 aliphatic heterocycles. The lowest BCUT2D eigenvalue weighted by atomic mass is 10.0. The summed E-state index contributed by atoms with van der Waals surface area (Å²) in [4.78, 5) is 11.9. The summed E-state index contributed by atoms with van der Waals surface area (Å²) in [5.41, 5.74) is 0.949. The van der Waals surface area contributed by atoms with Gasteiger partial charge in [0, 0.05) is 17.7 Å². The summed E-state index contributed by atoms with van der Waals surface area (Å²) >= 11 is 0. The van der Waals surface area contributed by atoms with Crippen molar-refractivity contribution in [2.75, 3.05) is 18.4 Å². The van der Waals surface area contributed by atoms with E-state index < -0.39 is 5.82 Å². The Kier molecular flexibility index (Phi) is 4.13. The summed E-state index contributed by atoms with van der Waals surface area (Å²) in [5.74, 6) is -0.271. The first-order valence-corrected chi connectivity index (χ1v) is 6.31. The van der Waals surface area contributed by atoms with Crippen LogP contribution in [0.3, 0.4) is 0 Å². The third-order valence-electron chi connectivity index (χ3n) is 3.38. The third-order valence-corrected chi connectivity index (χ3v) is 3.38. The van der Waals surface area contributed by atoms with Gasteiger partial charge in [-0.1, -0.05) is 0 Å². The van der Waals surface area contributed by atoms with E-state index in [1.54, 1.807) is 6.92 Å². The second-order valence-electron chi connectivity index (χ2n) is 4.85. The van der Waals surface area contributed by atoms with Crippen LogP contribution >= 0.6 is 0 Å². The number of carbonyl (C=O) groups is 1. The summed E-state index contributed by atoms with van der Waals surface area (Å²) in [5, 5.41) is 14.7. The van der Waals surface area contributed by atoms with Crippen LogP contribution in [0.1, 0.15) is 24.0 Å². The number of hydrogen-bond donors (Lipinski definition) is 2. The van der Waals surface area contributed by atoms with Crippen molar-refractivity contribution in [2.24, 2.45) is 5.92 Å². The van der Waals surface area contributed by atoms with Crippen LogP contribution in [-0.2, 0) is 4.79 Å². The highest BCUT2D eigenvalue weighted by atomic mass is 19.1. The monoisotopic (exact) mass is 261 g/mol. The molecule has 0 radical (unpaired) electrons. The summed E-state index contributed by atoms with van der Waals surface area (Å²) in [6.07, 6.45) is 1.41. The van der Waals surface area contributed by atoms with Crippen molar-refractivity contribution in [2.45, 2.75) is 19.8 Å². The Morgan fingerprint density at radius 1 is 1.63 bits per heavy atom. The molecule has 100 valence electrons. The van der Waals surface area contributed by atoms with Gasteiger partial charge in [-0.15, -0.1) is 0 Å². The fourth-order valence-electron chi connectivity index (χ4n) is 2.23. The van der Waals surface area contributed by atoms with E-state index in [4.69, 9.17) is 5.26 Å². The molecule has 2 rings (SSSR count). The molecule has 1 fully saturated rings. The molecule has 0 saturated carbocycles. The molecule has 0 aliphatic carbocycles. The Morgan fingerprint density at radius 3 is 3.05 bits per heavy atom. The predicted octanol–water partition coefficient (Wildman–Crippen LogP) is 1.94. The molecule has 4 nitrogen and oxygen atoms in total. The second kappa shape index (κ2) is 5.81. The van der Waals surface area contributed by atoms with Gasteiger partial charge in [0.2, 0.25) is 5.91 Å². The van der Waals surface area contributed by atoms with Gasteiger partial charge in [-0.3, -0.25) is 4.79 Å². The first kappa shape index (κ1) is 13.5. The summed E-state index contributed by atoms with van der Waals surface area (Å²) in [6, 6.07) is 4.56. The van der Waals surface area contributed by atoms with Gasteiger partial charge in [0.1, 0.15) is 5.82 Å². The quantitative estimate of drug-likeness (QED) is 0.874. The Bertz CT molecular complexity index is 530. The Hall–Kier alpha value is -1.93. The van der Waals surface area contributed by atoms with Crippen molar-refractivity contribution in [3.63, 3.8) is 0 Å². The zero-order valence-corrected chi connectivity index (χ0v) is 10.8. The van der Waals surface area contributed by atoms with E-state index in [0.29, 0.717) is 23.6 Å². The Morgan fingerprint density at radius 2 is 2.42 bits per heavy atom. The zero-order valence-electron chi connectivity index (χ0n) is 10.8. The van der Waals surface area contributed by atoms with Gasteiger partial charge in [-0.2, -0.15) is 5.26 Å². The largest absolute Gasteiger partial charge is 0.326 e. The third kappa shape index (κ3) is 3.30. The van der Waals surface area contributed by atoms with E-state index in [0.717, 1.165) is 19.5 Å². The molecule has 1 atom stereocenters. The van der Waals surface area contributed by atoms with Gasteiger partial charge >= 0.3 is 0 Å². The second-order valence-corrected chi connectivity index (χ2v) is 4.85. The predicted molar refractivity (Wildman–Crippen MR) is 70.1 cm³/mol. The normalized spacial score (nSPS) is 18.1. The molecule has 1 heterocycles. The molecule has 2 N–H and O–H groups in total. The van der Waals surface area contributed by atoms with E-state index in [1.807, 2.05) is 6.07 Å². The first-order valence-electron chi connectivity index (χ1n) is 6.31. The Balaban J connectivity index is 2.07. The van der Waals surface area contributed by atoms with Crippen molar-refractivity contribution < 1.29 is 9.18 Å². The van der Waals surface area contributed by atoms with E-state index in [2.05, 4.69) is 10.6 Å². The SMILES string of the molecule is Cc1c(F)cc(C#N)cc1NC(=O)CC1CCNC1. The van der Waals surface area contributed by atoms with Crippen molar-refractivity contribution in [3.05, 3.63) is 29.1 Å². The van der Waals surface area contributed by atoms with Gasteiger partial charge in [-0.05, 0) is 44.5 Å². The maximum Gasteiger partial charge on any atom is 0.224 e. The highest BCUT2D eigenvalue weighted by molar-refractivity contribution is 5.91. The highest BCUT2D eigenvalue weighted by Gasteiger charge is 2.19. The van der Waals surface area contributed by atoms with Crippen LogP contribution in [0.25, 0.3) is 0 Å². The molecule has 0 bridgehead atoms. The molecule has 5 heteroatoms. The minimum absolute atomic E-state index is 0.133. The number of halogens is 1. The number of rotatable bonds is 3. The maximum atomic E-state index is 13.6. The van der Waals surface area contributed by atoms with E-state index in [-0.39, 0.29) is 11.5 Å². The van der Waals surface area contributed by atoms with Crippen molar-refractivity contribution in [1.82, 2.24) is 5.32 Å². The van der Waals surface area contributed by atoms with Crippen LogP contribution in [0, 0.1) is 30.0 Å². The molecule has 1 saturated heterocycles. The van der Waals surface area contributed by atoms with E-state index in [9.17, 15) is 9.18 Å². The average molecular weight is 261 g/mol. The smallest absolute Gasteiger partial charge is 0.224 e. The fraction of sp³-hybridized carbons (Fsp3) is 0.429. The Labute approximate surface area is 111 Å². The lowest BCUT2D eigenvalue weighted by molar-refractivity contribution is -0.116. The van der Waals surface area contributed by atoms with Crippen molar-refractivity contribution in [1.29, 1.82) is 5.26 Å². The maximum absolute atomic E-state index is 13.6. The van der Waals surface area contributed by atoms with Crippen LogP contribution in [0.2, 0.25) is 0 Å². The number of carbonyl (C=O) groups excluding carboxylic acids is 1. The topological polar surface area (TPSA) is 64.9 Å². The molecule has 19 heavy (non-hydrogen) atoms. The van der Waals surface area contributed by atoms with Crippen LogP contribution < -0.4 is 10.6 Å². The molecule has 1 amide bonds. The summed E-state index contributed by atoms with van der Waals surface area (Å²) in [6.45, 7) is 3.37. The highest BCUT2D eigenvalue weighted by Crippen LogP contribution is 2.21. The minimum Gasteiger partial charge on any atom is -0.326 e. The minimum atomic E-state index is -0.475. The van der Waals surface area contributed by atoms with Gasteiger partial charge < -0.3 is 10.6 Å². The number of nitrogens with one attached hydrogen (secondary N) is 2. The lowest BCUT2D eigenvalue weighted by Gasteiger charge is -2.12. The van der Waals surface area contributed by atoms with E-state index >= 15 is 0 Å². The first-order chi connectivity index (χ1) is 9.10. The molecular formula is C14H16FN3O. The van der Waals surface area contributed by atoms with Crippen molar-refractivity contribution >= 4 is 11.6 Å². The summed E-state index contributed by atoms with van der Waals surface area (Å²) < 4.78 is 13.6. The molecule has 0 spiro atoms. The number of hydrogen-bond acceptors (Lipinski definition) is 3. The number of amides is 1. The molecular weight excluding hydrogens is 245 g/mol. The van der Waals surface area contributed by atoms with Gasteiger partial charge in [0.25, 0.3) is 0 Å². The van der Waals surface area contributed by atoms with Crippen LogP contribution in [-0.4, -0.2) is 19.0 Å². The molecule has 1 unspecified atom stereocenters. The van der Waals surface area contributed by atoms with Crippen LogP contribution in [0.5, 0.6) is 0 Å². The molecule has 1 aromatic rings. The van der Waals surface area contributed by atoms with Crippen molar-refractivity contribution in [3.8, 4) is 6.07 Å². The number of benzene rings is 1. The number of anilines is 1. The molecule has 1 aliphatic rings. The lowest BCUT2D eigenvalue weighted by Crippen LogP contribution is -2.19. The standard InChI is InChI=1S/C14H16FN3O/c1-9-12(15)4-11(7-16)5-13(9)18-14(19)6-10-2-3-17-8-10/h4-5,10,17H,2-3,6,8H2,1H3,(H,18,19). The van der Waals surface area contributed by atoms with E-state index in [1.165, 1.54) is 12.1 Å². The van der Waals surface area contributed by atoms with Gasteiger partial charge in [0.05, 0.1) is 11.6 Å². The zero-order chi connectivity index (χ0) is 13.8. The number of nitriles is 1. The fourth-order valence-corrected chi connectivity index (χ4v) is 2.23. The summed E-state index contributed by atoms with van der Waals surface area (Å²) in [7, 11) is 0. The van der Waals surface area contributed by atoms with Gasteiger partial charge in [0.15, 0.2) is 0 Å². The van der Waals surface area contributed by atoms with Gasteiger partial charge in [-0.25, -0.2) is 4.39 Å². The van der Waals surface area contributed by atoms with Crippen LogP contribution in [0.15, 0.2) is 12.1 Å². The average Bonchev–Trinajstić information content (AvgIpc) is 2.87. The molecule has 0 aromatic heterocycles. The molecule has 1 aromatic carbocycles. The van der Waals surface area contributed by atoms with Crippen LogP contribution in [0.4, 0.5) is 10.1 Å². The number of nitrogens with zero attached hydrogens (tertiary/aromatic N) is 1.